The Bertz CT molecular complexity index is 1590. The van der Waals surface area contributed by atoms with Gasteiger partial charge in [-0.15, -0.1) is 0 Å². The van der Waals surface area contributed by atoms with E-state index < -0.39 is 24.7 Å². The monoisotopic (exact) mass is 782 g/mol. The summed E-state index contributed by atoms with van der Waals surface area (Å²) in [5.41, 5.74) is 3.80. The van der Waals surface area contributed by atoms with Crippen LogP contribution in [0.3, 0.4) is 0 Å². The molecular weight excluding hydrogens is 724 g/mol. The molecule has 4 aliphatic heterocycles. The number of nitrogens with zero attached hydrogens (tertiary/aromatic N) is 1. The van der Waals surface area contributed by atoms with E-state index in [1.54, 1.807) is 4.90 Å². The van der Waals surface area contributed by atoms with E-state index in [0.717, 1.165) is 71.2 Å². The Hall–Kier alpha value is -3.10. The van der Waals surface area contributed by atoms with Gasteiger partial charge in [-0.05, 0) is 61.1 Å². The molecule has 3 N–H and O–H groups in total. The molecule has 2 aromatic carbocycles. The maximum absolute atomic E-state index is 12.1. The summed E-state index contributed by atoms with van der Waals surface area (Å²) in [6, 6.07) is 11.6. The molecule has 4 aliphatic rings. The second-order valence-corrected chi connectivity index (χ2v) is 14.3. The first-order valence-electron chi connectivity index (χ1n) is 19.5. The molecule has 0 aliphatic carbocycles. The standard InChI is InChI=1S/C19H27NO5.C13H15NO4.C6H13BrO/c1-19(2)23-13-15-11-14(7-8-16(15)25-19)17-12-20(18(22)24-17)9-5-3-4-6-10-21;1-13(2)16-7-9-5-8(3-4-10(9)18-13)11-6-14-12(15)17-11;7-5-3-1-2-4-6-8/h7-8,11,17,21H,3-6,9-10,12-13H2,1-2H3;3-5,11H,6-7H2,1-2H3,(H,14,15);8H,1-6H2/i10D2;;6D2. The van der Waals surface area contributed by atoms with Crippen LogP contribution in [-0.4, -0.2) is 77.0 Å². The van der Waals surface area contributed by atoms with Crippen LogP contribution in [0, 0.1) is 0 Å². The number of carbonyl (C=O) groups is 2. The number of nitrogens with one attached hydrogen (secondary N) is 1. The zero-order valence-electron chi connectivity index (χ0n) is 34.0. The van der Waals surface area contributed by atoms with Gasteiger partial charge in [0, 0.05) is 63.8 Å². The van der Waals surface area contributed by atoms with Gasteiger partial charge in [0.05, 0.1) is 31.8 Å². The maximum atomic E-state index is 12.1. The van der Waals surface area contributed by atoms with E-state index in [1.165, 1.54) is 0 Å². The molecule has 13 heteroatoms. The Morgan fingerprint density at radius 3 is 1.82 bits per heavy atom. The molecule has 2 atom stereocenters. The van der Waals surface area contributed by atoms with Crippen LogP contribution in [-0.2, 0) is 32.2 Å². The number of halogens is 1. The third kappa shape index (κ3) is 12.8. The molecule has 6 rings (SSSR count). The van der Waals surface area contributed by atoms with Gasteiger partial charge in [-0.2, -0.15) is 0 Å². The first-order chi connectivity index (χ1) is 25.7. The maximum Gasteiger partial charge on any atom is 0.410 e. The van der Waals surface area contributed by atoms with E-state index in [1.807, 2.05) is 64.1 Å². The van der Waals surface area contributed by atoms with Gasteiger partial charge in [-0.3, -0.25) is 0 Å². The Labute approximate surface area is 315 Å². The zero-order valence-corrected chi connectivity index (χ0v) is 31.6. The lowest BCUT2D eigenvalue weighted by atomic mass is 10.0. The highest BCUT2D eigenvalue weighted by atomic mass is 79.9. The molecule has 2 aromatic rings. The van der Waals surface area contributed by atoms with Crippen molar-refractivity contribution in [2.75, 3.05) is 38.1 Å². The SMILES string of the molecule is CC1(C)OCc2cc(C3CNC(=O)O3)ccc2O1.[2H]C([2H])(O)CCCCCBr.[2H]C([2H])(O)CCCCCN1CC(c2ccc3c(c2)COC(C)(C)O3)OC1=O. The Balaban J connectivity index is 0.000000206. The summed E-state index contributed by atoms with van der Waals surface area (Å²) in [6.45, 7) is 5.94. The van der Waals surface area contributed by atoms with Crippen molar-refractivity contribution in [3.63, 3.8) is 0 Å². The number of fused-ring (bicyclic) bond motifs is 2. The quantitative estimate of drug-likeness (QED) is 0.139. The number of hydrogen-bond donors (Lipinski definition) is 3. The van der Waals surface area contributed by atoms with E-state index >= 15 is 0 Å². The Morgan fingerprint density at radius 2 is 1.31 bits per heavy atom. The molecule has 2 amide bonds. The minimum Gasteiger partial charge on any atom is -0.463 e. The van der Waals surface area contributed by atoms with E-state index in [4.69, 9.17) is 44.1 Å². The number of carbonyl (C=O) groups excluding carboxylic acids is 2. The van der Waals surface area contributed by atoms with Crippen molar-refractivity contribution in [1.82, 2.24) is 10.2 Å². The number of alkyl carbamates (subject to hydrolysis) is 1. The van der Waals surface area contributed by atoms with Gasteiger partial charge in [-0.25, -0.2) is 9.59 Å². The molecule has 2 saturated heterocycles. The summed E-state index contributed by atoms with van der Waals surface area (Å²) >= 11 is 3.27. The normalized spacial score (nSPS) is 22.6. The van der Waals surface area contributed by atoms with Crippen molar-refractivity contribution in [3.05, 3.63) is 58.7 Å². The number of ether oxygens (including phenoxy) is 6. The molecule has 12 nitrogen and oxygen atoms in total. The summed E-state index contributed by atoms with van der Waals surface area (Å²) in [6.07, 6.45) is 3.98. The van der Waals surface area contributed by atoms with Gasteiger partial charge in [0.25, 0.3) is 0 Å². The smallest absolute Gasteiger partial charge is 0.410 e. The van der Waals surface area contributed by atoms with E-state index in [0.29, 0.717) is 39.3 Å². The molecule has 2 fully saturated rings. The minimum atomic E-state index is -2.12. The Kier molecular flexibility index (Phi) is 13.5. The molecule has 0 spiro atoms. The van der Waals surface area contributed by atoms with Gasteiger partial charge < -0.3 is 48.9 Å². The van der Waals surface area contributed by atoms with Crippen molar-refractivity contribution in [1.29, 1.82) is 0 Å². The lowest BCUT2D eigenvalue weighted by Gasteiger charge is -2.32. The van der Waals surface area contributed by atoms with Crippen molar-refractivity contribution in [2.45, 2.75) is 116 Å². The summed E-state index contributed by atoms with van der Waals surface area (Å²) in [5, 5.41) is 21.3. The summed E-state index contributed by atoms with van der Waals surface area (Å²) in [4.78, 5) is 24.8. The summed E-state index contributed by atoms with van der Waals surface area (Å²) < 4.78 is 61.2. The Morgan fingerprint density at radius 1 is 0.784 bits per heavy atom. The van der Waals surface area contributed by atoms with Crippen LogP contribution < -0.4 is 14.8 Å². The predicted molar refractivity (Wildman–Crippen MR) is 195 cm³/mol. The molecular formula is C38H55BrN2O10. The van der Waals surface area contributed by atoms with Crippen LogP contribution in [0.25, 0.3) is 0 Å². The van der Waals surface area contributed by atoms with Crippen LogP contribution >= 0.6 is 15.9 Å². The number of unbranched alkanes of at least 4 members (excludes halogenated alkanes) is 4. The fraction of sp³-hybridized carbons (Fsp3) is 0.632. The largest absolute Gasteiger partial charge is 0.463 e. The molecule has 0 aromatic heterocycles. The molecule has 0 saturated carbocycles. The van der Waals surface area contributed by atoms with Gasteiger partial charge in [0.15, 0.2) is 0 Å². The van der Waals surface area contributed by atoms with Gasteiger partial charge in [0.1, 0.15) is 23.7 Å². The van der Waals surface area contributed by atoms with Crippen molar-refractivity contribution >= 4 is 28.1 Å². The average Bonchev–Trinajstić information content (AvgIpc) is 3.70. The van der Waals surface area contributed by atoms with Crippen LogP contribution in [0.2, 0.25) is 0 Å². The van der Waals surface area contributed by atoms with Crippen LogP contribution in [0.5, 0.6) is 11.5 Å². The van der Waals surface area contributed by atoms with E-state index in [-0.39, 0.29) is 37.2 Å². The first-order valence-corrected chi connectivity index (χ1v) is 18.7. The fourth-order valence-corrected chi connectivity index (χ4v) is 6.11. The minimum absolute atomic E-state index is 0.107. The highest BCUT2D eigenvalue weighted by molar-refractivity contribution is 9.09. The molecule has 284 valence electrons. The number of aliphatic hydroxyl groups is 2. The second-order valence-electron chi connectivity index (χ2n) is 13.5. The summed E-state index contributed by atoms with van der Waals surface area (Å²) in [5.74, 6) is 0.392. The molecule has 4 heterocycles. The lowest BCUT2D eigenvalue weighted by molar-refractivity contribution is -0.180. The molecule has 2 unspecified atom stereocenters. The zero-order chi connectivity index (χ0) is 40.4. The third-order valence-electron chi connectivity index (χ3n) is 8.48. The predicted octanol–water partition coefficient (Wildman–Crippen LogP) is 7.42. The third-order valence-corrected chi connectivity index (χ3v) is 9.04. The number of cyclic esters (lactones) is 2. The number of benzene rings is 2. The highest BCUT2D eigenvalue weighted by Gasteiger charge is 2.34. The second kappa shape index (κ2) is 19.7. The number of amides is 2. The van der Waals surface area contributed by atoms with Crippen molar-refractivity contribution in [2.24, 2.45) is 0 Å². The van der Waals surface area contributed by atoms with Crippen molar-refractivity contribution < 1.29 is 53.7 Å². The molecule has 0 bridgehead atoms. The number of hydrogen-bond acceptors (Lipinski definition) is 10. The molecule has 0 radical (unpaired) electrons. The van der Waals surface area contributed by atoms with Gasteiger partial charge in [0.2, 0.25) is 11.6 Å². The average molecular weight is 784 g/mol. The van der Waals surface area contributed by atoms with Crippen LogP contribution in [0.15, 0.2) is 36.4 Å². The van der Waals surface area contributed by atoms with Gasteiger partial charge in [-0.1, -0.05) is 53.7 Å². The van der Waals surface area contributed by atoms with E-state index in [2.05, 4.69) is 21.2 Å². The highest BCUT2D eigenvalue weighted by Crippen LogP contribution is 2.36. The number of alkyl halides is 1. The lowest BCUT2D eigenvalue weighted by Crippen LogP contribution is -2.35. The van der Waals surface area contributed by atoms with Crippen molar-refractivity contribution in [3.8, 4) is 11.5 Å². The summed E-state index contributed by atoms with van der Waals surface area (Å²) in [7, 11) is 0. The number of rotatable bonds is 13. The first kappa shape index (κ1) is 35.0. The van der Waals surface area contributed by atoms with Gasteiger partial charge >= 0.3 is 12.2 Å². The molecule has 51 heavy (non-hydrogen) atoms. The van der Waals surface area contributed by atoms with Crippen LogP contribution in [0.4, 0.5) is 9.59 Å². The fourth-order valence-electron chi connectivity index (χ4n) is 5.71. The topological polar surface area (TPSA) is 145 Å². The van der Waals surface area contributed by atoms with E-state index in [9.17, 15) is 9.59 Å². The van der Waals surface area contributed by atoms with Crippen LogP contribution in [0.1, 0.15) is 119 Å².